The highest BCUT2D eigenvalue weighted by Crippen LogP contribution is 2.25. The van der Waals surface area contributed by atoms with E-state index in [-0.39, 0.29) is 36.3 Å². The van der Waals surface area contributed by atoms with Gasteiger partial charge < -0.3 is 14.4 Å². The minimum atomic E-state index is -0.248. The summed E-state index contributed by atoms with van der Waals surface area (Å²) in [7, 11) is 0. The number of carbonyl (C=O) groups is 2. The highest BCUT2D eigenvalue weighted by Gasteiger charge is 2.30. The first kappa shape index (κ1) is 25.2. The van der Waals surface area contributed by atoms with Gasteiger partial charge in [-0.1, -0.05) is 37.5 Å². The van der Waals surface area contributed by atoms with Gasteiger partial charge in [-0.05, 0) is 68.0 Å². The van der Waals surface area contributed by atoms with Crippen molar-refractivity contribution in [1.29, 1.82) is 0 Å². The molecule has 0 radical (unpaired) electrons. The van der Waals surface area contributed by atoms with E-state index in [2.05, 4.69) is 4.57 Å². The maximum atomic E-state index is 13.7. The maximum Gasteiger partial charge on any atom is 0.264 e. The molecule has 4 rings (SSSR count). The zero-order valence-corrected chi connectivity index (χ0v) is 21.3. The second-order valence-electron chi connectivity index (χ2n) is 9.57. The third kappa shape index (κ3) is 6.40. The third-order valence-corrected chi connectivity index (χ3v) is 7.64. The van der Waals surface area contributed by atoms with E-state index in [0.717, 1.165) is 36.9 Å². The summed E-state index contributed by atoms with van der Waals surface area (Å²) in [4.78, 5) is 31.2. The minimum Gasteiger partial charge on any atom is -0.345 e. The number of amides is 2. The maximum absolute atomic E-state index is 13.7. The molecular weight excluding hydrogens is 461 g/mol. The molecule has 1 aliphatic carbocycles. The fourth-order valence-corrected chi connectivity index (χ4v) is 5.47. The lowest BCUT2D eigenvalue weighted by atomic mass is 9.94. The molecule has 0 spiro atoms. The molecule has 1 aliphatic rings. The van der Waals surface area contributed by atoms with Crippen molar-refractivity contribution in [2.75, 3.05) is 6.54 Å². The van der Waals surface area contributed by atoms with Crippen molar-refractivity contribution >= 4 is 23.2 Å². The molecule has 5 nitrogen and oxygen atoms in total. The summed E-state index contributed by atoms with van der Waals surface area (Å²) in [5, 5.41) is 1.89. The van der Waals surface area contributed by atoms with Gasteiger partial charge in [-0.3, -0.25) is 9.59 Å². The van der Waals surface area contributed by atoms with Crippen molar-refractivity contribution < 1.29 is 14.0 Å². The normalized spacial score (nSPS) is 14.3. The Morgan fingerprint density at radius 3 is 2.46 bits per heavy atom. The molecule has 7 heteroatoms. The zero-order valence-electron chi connectivity index (χ0n) is 20.5. The lowest BCUT2D eigenvalue weighted by Crippen LogP contribution is -2.49. The van der Waals surface area contributed by atoms with Crippen LogP contribution in [0, 0.1) is 5.82 Å². The monoisotopic (exact) mass is 495 g/mol. The van der Waals surface area contributed by atoms with Crippen LogP contribution in [0.15, 0.2) is 60.1 Å². The Bertz CT molecular complexity index is 1100. The number of aromatic nitrogens is 1. The van der Waals surface area contributed by atoms with Gasteiger partial charge in [-0.15, -0.1) is 11.3 Å². The smallest absolute Gasteiger partial charge is 0.264 e. The molecule has 2 heterocycles. The molecule has 0 saturated heterocycles. The molecule has 2 aromatic heterocycles. The molecular formula is C28H34FN3O2S. The van der Waals surface area contributed by atoms with Gasteiger partial charge in [-0.25, -0.2) is 4.39 Å². The van der Waals surface area contributed by atoms with Crippen molar-refractivity contribution in [3.8, 4) is 0 Å². The second kappa shape index (κ2) is 11.7. The summed E-state index contributed by atoms with van der Waals surface area (Å²) < 4.78 is 15.5. The number of halogens is 1. The Hall–Kier alpha value is -2.93. The van der Waals surface area contributed by atoms with Gasteiger partial charge in [0, 0.05) is 30.5 Å². The lowest BCUT2D eigenvalue weighted by Gasteiger charge is -2.37. The molecule has 2 amide bonds. The van der Waals surface area contributed by atoms with Crippen LogP contribution in [-0.4, -0.2) is 44.8 Å². The van der Waals surface area contributed by atoms with Gasteiger partial charge in [0.25, 0.3) is 5.91 Å². The van der Waals surface area contributed by atoms with E-state index >= 15 is 0 Å². The molecule has 3 aromatic rings. The van der Waals surface area contributed by atoms with Gasteiger partial charge in [0.05, 0.1) is 11.4 Å². The Morgan fingerprint density at radius 1 is 1.06 bits per heavy atom. The molecule has 0 unspecified atom stereocenters. The summed E-state index contributed by atoms with van der Waals surface area (Å²) in [6, 6.07) is 14.3. The van der Waals surface area contributed by atoms with Gasteiger partial charge >= 0.3 is 0 Å². The van der Waals surface area contributed by atoms with E-state index in [1.807, 2.05) is 54.6 Å². The van der Waals surface area contributed by atoms with Gasteiger partial charge in [0.15, 0.2) is 0 Å². The average Bonchev–Trinajstić information content (AvgIpc) is 3.55. The molecule has 0 aliphatic heterocycles. The number of hydrogen-bond donors (Lipinski definition) is 0. The highest BCUT2D eigenvalue weighted by atomic mass is 32.1. The van der Waals surface area contributed by atoms with E-state index in [0.29, 0.717) is 18.0 Å². The number of rotatable bonds is 9. The fourth-order valence-electron chi connectivity index (χ4n) is 4.79. The highest BCUT2D eigenvalue weighted by molar-refractivity contribution is 7.12. The van der Waals surface area contributed by atoms with Crippen LogP contribution in [0.25, 0.3) is 0 Å². The predicted molar refractivity (Wildman–Crippen MR) is 138 cm³/mol. The van der Waals surface area contributed by atoms with E-state index in [1.165, 1.54) is 29.9 Å². The predicted octanol–water partition coefficient (Wildman–Crippen LogP) is 5.95. The molecule has 35 heavy (non-hydrogen) atoms. The average molecular weight is 496 g/mol. The Morgan fingerprint density at radius 2 is 1.80 bits per heavy atom. The van der Waals surface area contributed by atoms with E-state index in [9.17, 15) is 14.0 Å². The molecule has 1 saturated carbocycles. The van der Waals surface area contributed by atoms with Crippen LogP contribution in [0.1, 0.15) is 66.9 Å². The number of benzene rings is 1. The number of thiophene rings is 1. The largest absolute Gasteiger partial charge is 0.345 e. The number of carbonyl (C=O) groups excluding carboxylic acids is 2. The second-order valence-corrected chi connectivity index (χ2v) is 10.5. The lowest BCUT2D eigenvalue weighted by molar-refractivity contribution is -0.136. The van der Waals surface area contributed by atoms with Gasteiger partial charge in [0.1, 0.15) is 12.4 Å². The summed E-state index contributed by atoms with van der Waals surface area (Å²) in [5.74, 6) is -0.348. The zero-order chi connectivity index (χ0) is 24.8. The van der Waals surface area contributed by atoms with Crippen LogP contribution in [-0.2, 0) is 17.9 Å². The molecule has 1 aromatic carbocycles. The number of hydrogen-bond acceptors (Lipinski definition) is 3. The fraction of sp³-hybridized carbons (Fsp3) is 0.429. The first-order valence-electron chi connectivity index (χ1n) is 12.4. The van der Waals surface area contributed by atoms with Gasteiger partial charge in [0.2, 0.25) is 5.91 Å². The van der Waals surface area contributed by atoms with Crippen LogP contribution in [0.5, 0.6) is 0 Å². The van der Waals surface area contributed by atoms with Crippen molar-refractivity contribution in [1.82, 2.24) is 14.4 Å². The Balaban J connectivity index is 1.54. The van der Waals surface area contributed by atoms with E-state index < -0.39 is 0 Å². The molecule has 0 atom stereocenters. The molecule has 1 fully saturated rings. The summed E-state index contributed by atoms with van der Waals surface area (Å²) in [5.41, 5.74) is 2.04. The van der Waals surface area contributed by atoms with Gasteiger partial charge in [-0.2, -0.15) is 0 Å². The van der Waals surface area contributed by atoms with Crippen LogP contribution in [0.3, 0.4) is 0 Å². The standard InChI is InChI=1S/C28H34FN3O2S/c1-21(2)31(28(34)26-11-7-17-35-26)20-27(33)32(24-8-4-3-5-9-24)19-25-10-6-16-30(25)18-22-12-14-23(29)15-13-22/h6-7,10-17,21,24H,3-5,8-9,18-20H2,1-2H3. The summed E-state index contributed by atoms with van der Waals surface area (Å²) >= 11 is 1.40. The minimum absolute atomic E-state index is 0.00922. The first-order valence-corrected chi connectivity index (χ1v) is 13.3. The molecule has 0 N–H and O–H groups in total. The Kier molecular flexibility index (Phi) is 8.39. The topological polar surface area (TPSA) is 45.6 Å². The summed E-state index contributed by atoms with van der Waals surface area (Å²) in [6.45, 7) is 5.10. The third-order valence-electron chi connectivity index (χ3n) is 6.78. The Labute approximate surface area is 211 Å². The van der Waals surface area contributed by atoms with E-state index in [4.69, 9.17) is 0 Å². The summed E-state index contributed by atoms with van der Waals surface area (Å²) in [6.07, 6.45) is 7.42. The van der Waals surface area contributed by atoms with Crippen LogP contribution in [0.4, 0.5) is 4.39 Å². The van der Waals surface area contributed by atoms with Crippen molar-refractivity contribution in [2.45, 2.75) is 71.1 Å². The van der Waals surface area contributed by atoms with Crippen molar-refractivity contribution in [2.24, 2.45) is 0 Å². The number of nitrogens with zero attached hydrogens (tertiary/aromatic N) is 3. The van der Waals surface area contributed by atoms with Crippen molar-refractivity contribution in [3.05, 3.63) is 82.1 Å². The quantitative estimate of drug-likeness (QED) is 0.368. The van der Waals surface area contributed by atoms with Crippen LogP contribution < -0.4 is 0 Å². The van der Waals surface area contributed by atoms with E-state index in [1.54, 1.807) is 17.0 Å². The van der Waals surface area contributed by atoms with Crippen LogP contribution >= 0.6 is 11.3 Å². The first-order chi connectivity index (χ1) is 16.9. The van der Waals surface area contributed by atoms with Crippen molar-refractivity contribution in [3.63, 3.8) is 0 Å². The molecule has 186 valence electrons. The van der Waals surface area contributed by atoms with Crippen LogP contribution in [0.2, 0.25) is 0 Å². The SMILES string of the molecule is CC(C)N(CC(=O)N(Cc1cccn1Cc1ccc(F)cc1)C1CCCCC1)C(=O)c1cccs1. The molecule has 0 bridgehead atoms.